The summed E-state index contributed by atoms with van der Waals surface area (Å²) in [5, 5.41) is 10.1. The van der Waals surface area contributed by atoms with E-state index in [1.54, 1.807) is 12.1 Å². The SMILES string of the molecule is CCCCC(CC)COC(=O)c1ccc(Nc2nc(NC3=CC=C(c4nc5cc(C(C)(C)CC)ccc5o4)C(C)C3)nc(Nc3ccc(-c4nc5cc(C(C)(C)CC)ccc5o4)cc3)n2)cc1. The summed E-state index contributed by atoms with van der Waals surface area (Å²) in [6, 6.07) is 27.5. The van der Waals surface area contributed by atoms with Crippen molar-refractivity contribution in [3.05, 3.63) is 125 Å². The standard InChI is InChI=1S/C55H64N8O4/c1-10-14-15-35(11-2)33-65-50(64)37-18-24-41(25-19-37)57-52-61-51(56-40-22-16-36(17-23-40)48-59-44-31-38(54(6,7)12-3)20-28-46(44)66-48)62-53(63-52)58-42-26-27-43(34(5)30-42)49-60-45-32-39(55(8,9)13-4)21-29-47(45)67-49/h16-29,31-32,34-35H,10-15,30,33H2,1-9H3,(H3,56,57,58,61,62,63). The Morgan fingerprint density at radius 1 is 0.687 bits per heavy atom. The van der Waals surface area contributed by atoms with Gasteiger partial charge in [-0.25, -0.2) is 14.8 Å². The molecule has 12 nitrogen and oxygen atoms in total. The van der Waals surface area contributed by atoms with Crippen molar-refractivity contribution in [2.24, 2.45) is 11.8 Å². The highest BCUT2D eigenvalue weighted by molar-refractivity contribution is 5.90. The zero-order valence-corrected chi connectivity index (χ0v) is 40.4. The van der Waals surface area contributed by atoms with E-state index in [2.05, 4.69) is 109 Å². The average molecular weight is 901 g/mol. The quantitative estimate of drug-likeness (QED) is 0.0662. The normalized spacial score (nSPS) is 14.7. The molecule has 4 aromatic carbocycles. The number of ether oxygens (including phenoxy) is 1. The lowest BCUT2D eigenvalue weighted by Gasteiger charge is -2.22. The number of nitrogens with one attached hydrogen (secondary N) is 3. The lowest BCUT2D eigenvalue weighted by atomic mass is 9.82. The molecule has 0 bridgehead atoms. The monoisotopic (exact) mass is 901 g/mol. The molecule has 0 radical (unpaired) electrons. The Bertz CT molecular complexity index is 2910. The van der Waals surface area contributed by atoms with Crippen LogP contribution in [0.2, 0.25) is 0 Å². The topological polar surface area (TPSA) is 153 Å². The first-order valence-corrected chi connectivity index (χ1v) is 23.9. The van der Waals surface area contributed by atoms with E-state index in [9.17, 15) is 4.79 Å². The number of benzene rings is 4. The van der Waals surface area contributed by atoms with Crippen LogP contribution in [0.3, 0.4) is 0 Å². The number of hydrogen-bond donors (Lipinski definition) is 3. The Balaban J connectivity index is 1.03. The Hall–Kier alpha value is -6.82. The number of carbonyl (C=O) groups is 1. The molecule has 0 aliphatic heterocycles. The van der Waals surface area contributed by atoms with Crippen LogP contribution < -0.4 is 16.0 Å². The fourth-order valence-electron chi connectivity index (χ4n) is 8.10. The van der Waals surface area contributed by atoms with Crippen molar-refractivity contribution in [3.63, 3.8) is 0 Å². The first-order valence-electron chi connectivity index (χ1n) is 23.9. The Kier molecular flexibility index (Phi) is 13.9. The number of aromatic nitrogens is 5. The van der Waals surface area contributed by atoms with Crippen molar-refractivity contribution >= 4 is 63.0 Å². The van der Waals surface area contributed by atoms with Crippen LogP contribution in [0.15, 0.2) is 112 Å². The maximum absolute atomic E-state index is 13.0. The molecule has 67 heavy (non-hydrogen) atoms. The molecule has 12 heteroatoms. The van der Waals surface area contributed by atoms with Gasteiger partial charge in [0.05, 0.1) is 12.2 Å². The largest absolute Gasteiger partial charge is 0.462 e. The van der Waals surface area contributed by atoms with E-state index in [-0.39, 0.29) is 22.7 Å². The number of allylic oxidation sites excluding steroid dienone is 4. The van der Waals surface area contributed by atoms with E-state index in [0.29, 0.717) is 59.8 Å². The Morgan fingerprint density at radius 3 is 1.76 bits per heavy atom. The van der Waals surface area contributed by atoms with Gasteiger partial charge in [0.25, 0.3) is 0 Å². The third-order valence-corrected chi connectivity index (χ3v) is 13.5. The van der Waals surface area contributed by atoms with Gasteiger partial charge in [-0.1, -0.05) is 99.8 Å². The van der Waals surface area contributed by atoms with Crippen LogP contribution in [0.5, 0.6) is 0 Å². The second-order valence-electron chi connectivity index (χ2n) is 19.1. The highest BCUT2D eigenvalue weighted by Gasteiger charge is 2.25. The van der Waals surface area contributed by atoms with Crippen LogP contribution >= 0.6 is 0 Å². The van der Waals surface area contributed by atoms with Gasteiger partial charge in [0.1, 0.15) is 11.0 Å². The van der Waals surface area contributed by atoms with Crippen LogP contribution in [0.1, 0.15) is 135 Å². The molecule has 8 rings (SSSR count). The smallest absolute Gasteiger partial charge is 0.338 e. The van der Waals surface area contributed by atoms with Gasteiger partial charge in [0.2, 0.25) is 29.6 Å². The van der Waals surface area contributed by atoms with E-state index in [1.807, 2.05) is 54.6 Å². The number of unbranched alkanes of at least 4 members (excludes halogenated alkanes) is 1. The molecule has 0 amide bonds. The van der Waals surface area contributed by atoms with Crippen molar-refractivity contribution < 1.29 is 18.4 Å². The predicted molar refractivity (Wildman–Crippen MR) is 270 cm³/mol. The van der Waals surface area contributed by atoms with Gasteiger partial charge >= 0.3 is 5.97 Å². The van der Waals surface area contributed by atoms with E-state index in [1.165, 1.54) is 11.1 Å². The highest BCUT2D eigenvalue weighted by Crippen LogP contribution is 2.36. The number of fused-ring (bicyclic) bond motifs is 2. The fraction of sp³-hybridized carbons (Fsp3) is 0.382. The molecule has 1 aliphatic rings. The molecule has 3 heterocycles. The number of oxazole rings is 2. The molecule has 0 saturated carbocycles. The number of anilines is 5. The maximum Gasteiger partial charge on any atom is 0.338 e. The van der Waals surface area contributed by atoms with Gasteiger partial charge in [-0.2, -0.15) is 15.0 Å². The summed E-state index contributed by atoms with van der Waals surface area (Å²) < 4.78 is 18.2. The van der Waals surface area contributed by atoms with Gasteiger partial charge in [-0.3, -0.25) is 0 Å². The first kappa shape index (κ1) is 46.7. The van der Waals surface area contributed by atoms with Crippen LogP contribution in [-0.2, 0) is 15.6 Å². The minimum atomic E-state index is -0.333. The Morgan fingerprint density at radius 2 is 1.22 bits per heavy atom. The molecule has 3 aromatic heterocycles. The second-order valence-corrected chi connectivity index (χ2v) is 19.1. The third kappa shape index (κ3) is 10.9. The molecular formula is C55H64N8O4. The summed E-state index contributed by atoms with van der Waals surface area (Å²) in [4.78, 5) is 37.1. The molecule has 0 fully saturated rings. The Labute approximate surface area is 394 Å². The molecule has 1 aliphatic carbocycles. The van der Waals surface area contributed by atoms with Crippen molar-refractivity contribution in [2.75, 3.05) is 22.6 Å². The van der Waals surface area contributed by atoms with E-state index < -0.39 is 0 Å². The van der Waals surface area contributed by atoms with E-state index in [0.717, 1.165) is 83.2 Å². The van der Waals surface area contributed by atoms with Crippen LogP contribution in [0, 0.1) is 11.8 Å². The zero-order valence-electron chi connectivity index (χ0n) is 40.4. The first-order chi connectivity index (χ1) is 32.2. The number of nitrogens with zero attached hydrogens (tertiary/aromatic N) is 5. The van der Waals surface area contributed by atoms with Gasteiger partial charge in [0.15, 0.2) is 11.2 Å². The minimum absolute atomic E-state index is 0.0454. The molecule has 2 atom stereocenters. The van der Waals surface area contributed by atoms with Crippen molar-refractivity contribution in [2.45, 2.75) is 118 Å². The highest BCUT2D eigenvalue weighted by atomic mass is 16.5. The number of hydrogen-bond acceptors (Lipinski definition) is 12. The number of rotatable bonds is 19. The lowest BCUT2D eigenvalue weighted by Crippen LogP contribution is -2.15. The van der Waals surface area contributed by atoms with Crippen LogP contribution in [0.25, 0.3) is 39.2 Å². The van der Waals surface area contributed by atoms with Gasteiger partial charge < -0.3 is 29.5 Å². The molecule has 7 aromatic rings. The van der Waals surface area contributed by atoms with Crippen LogP contribution in [-0.4, -0.2) is 37.5 Å². The van der Waals surface area contributed by atoms with Crippen molar-refractivity contribution in [1.29, 1.82) is 0 Å². The number of carbonyl (C=O) groups excluding carboxylic acids is 1. The summed E-state index contributed by atoms with van der Waals surface area (Å²) in [6.45, 7) is 20.3. The second kappa shape index (κ2) is 20.0. The van der Waals surface area contributed by atoms with Gasteiger partial charge in [0, 0.05) is 28.2 Å². The van der Waals surface area contributed by atoms with Gasteiger partial charge in [-0.15, -0.1) is 0 Å². The molecular weight excluding hydrogens is 837 g/mol. The van der Waals surface area contributed by atoms with E-state index in [4.69, 9.17) is 38.5 Å². The molecule has 0 saturated heterocycles. The molecule has 2 unspecified atom stereocenters. The zero-order chi connectivity index (χ0) is 47.3. The predicted octanol–water partition coefficient (Wildman–Crippen LogP) is 14.5. The van der Waals surface area contributed by atoms with Crippen molar-refractivity contribution in [1.82, 2.24) is 24.9 Å². The lowest BCUT2D eigenvalue weighted by molar-refractivity contribution is 0.0428. The third-order valence-electron chi connectivity index (χ3n) is 13.5. The minimum Gasteiger partial charge on any atom is -0.462 e. The van der Waals surface area contributed by atoms with Gasteiger partial charge in [-0.05, 0) is 138 Å². The average Bonchev–Trinajstić information content (AvgIpc) is 3.96. The summed E-state index contributed by atoms with van der Waals surface area (Å²) in [5.41, 5.74) is 10.6. The maximum atomic E-state index is 13.0. The van der Waals surface area contributed by atoms with Crippen LogP contribution in [0.4, 0.5) is 29.2 Å². The summed E-state index contributed by atoms with van der Waals surface area (Å²) in [5.74, 6) is 2.30. The molecule has 0 spiro atoms. The van der Waals surface area contributed by atoms with Crippen molar-refractivity contribution in [3.8, 4) is 11.5 Å². The molecule has 348 valence electrons. The number of esters is 1. The summed E-state index contributed by atoms with van der Waals surface area (Å²) in [7, 11) is 0. The van der Waals surface area contributed by atoms with E-state index >= 15 is 0 Å². The molecule has 3 N–H and O–H groups in total. The summed E-state index contributed by atoms with van der Waals surface area (Å²) >= 11 is 0. The fourth-order valence-corrected chi connectivity index (χ4v) is 8.10. The summed E-state index contributed by atoms with van der Waals surface area (Å²) in [6.07, 6.45) is 11.1.